The Bertz CT molecular complexity index is 839. The molecule has 0 spiro atoms. The Morgan fingerprint density at radius 3 is 2.43 bits per heavy atom. The molecule has 1 saturated heterocycles. The van der Waals surface area contributed by atoms with Gasteiger partial charge in [0, 0.05) is 24.6 Å². The highest BCUT2D eigenvalue weighted by atomic mass is 19.1. The number of amides is 1. The van der Waals surface area contributed by atoms with E-state index in [0.29, 0.717) is 31.5 Å². The molecule has 0 aromatic heterocycles. The molecule has 1 fully saturated rings. The van der Waals surface area contributed by atoms with Crippen molar-refractivity contribution in [3.8, 4) is 5.75 Å². The number of benzene rings is 2. The Hall–Kier alpha value is -2.69. The van der Waals surface area contributed by atoms with Crippen LogP contribution >= 0.6 is 0 Å². The summed E-state index contributed by atoms with van der Waals surface area (Å²) >= 11 is 0. The molecule has 3 rings (SSSR count). The first-order chi connectivity index (χ1) is 13.5. The topological polar surface area (TPSA) is 57.6 Å². The van der Waals surface area contributed by atoms with E-state index in [4.69, 9.17) is 0 Å². The fourth-order valence-corrected chi connectivity index (χ4v) is 3.64. The van der Waals surface area contributed by atoms with Crippen molar-refractivity contribution in [2.75, 3.05) is 13.1 Å². The zero-order valence-electron chi connectivity index (χ0n) is 16.2. The van der Waals surface area contributed by atoms with Gasteiger partial charge in [0.2, 0.25) is 0 Å². The van der Waals surface area contributed by atoms with Crippen molar-refractivity contribution in [1.82, 2.24) is 4.90 Å². The third kappa shape index (κ3) is 4.58. The van der Waals surface area contributed by atoms with Crippen LogP contribution in [0.1, 0.15) is 58.9 Å². The molecule has 1 amide bonds. The summed E-state index contributed by atoms with van der Waals surface area (Å²) in [4.78, 5) is 26.9. The standard InChI is InChI=1S/C23H26FNO3/c1-2-3-4-16-5-7-17(8-6-16)22(27)18-11-13-25(14-12-18)23(28)20-15-19(26)9-10-21(20)24/h5-10,15,18,26H,2-4,11-14H2,1H3. The number of Topliss-reactive ketones (excluding diaryl/α,β-unsaturated/α-hetero) is 1. The number of carbonyl (C=O) groups excluding carboxylic acids is 2. The fourth-order valence-electron chi connectivity index (χ4n) is 3.64. The van der Waals surface area contributed by atoms with Crippen LogP contribution in [0.15, 0.2) is 42.5 Å². The number of aromatic hydroxyl groups is 1. The number of rotatable bonds is 6. The van der Waals surface area contributed by atoms with E-state index in [1.165, 1.54) is 11.6 Å². The van der Waals surface area contributed by atoms with E-state index in [-0.39, 0.29) is 23.0 Å². The zero-order chi connectivity index (χ0) is 20.1. The first-order valence-corrected chi connectivity index (χ1v) is 9.90. The Morgan fingerprint density at radius 2 is 1.79 bits per heavy atom. The van der Waals surface area contributed by atoms with Crippen molar-refractivity contribution in [3.05, 3.63) is 65.0 Å². The third-order valence-corrected chi connectivity index (χ3v) is 5.39. The number of hydrogen-bond donors (Lipinski definition) is 1. The predicted octanol–water partition coefficient (Wildman–Crippen LogP) is 4.61. The van der Waals surface area contributed by atoms with Crippen molar-refractivity contribution >= 4 is 11.7 Å². The van der Waals surface area contributed by atoms with Gasteiger partial charge in [-0.3, -0.25) is 9.59 Å². The van der Waals surface area contributed by atoms with Crippen LogP contribution in [-0.2, 0) is 6.42 Å². The Labute approximate surface area is 165 Å². The van der Waals surface area contributed by atoms with E-state index in [1.807, 2.05) is 24.3 Å². The van der Waals surface area contributed by atoms with E-state index in [9.17, 15) is 19.1 Å². The summed E-state index contributed by atoms with van der Waals surface area (Å²) in [6.45, 7) is 2.96. The number of hydrogen-bond acceptors (Lipinski definition) is 3. The minimum Gasteiger partial charge on any atom is -0.508 e. The monoisotopic (exact) mass is 383 g/mol. The number of nitrogens with zero attached hydrogens (tertiary/aromatic N) is 1. The minimum atomic E-state index is -0.649. The number of likely N-dealkylation sites (tertiary alicyclic amines) is 1. The molecule has 0 bridgehead atoms. The van der Waals surface area contributed by atoms with Gasteiger partial charge in [-0.2, -0.15) is 0 Å². The first kappa shape index (κ1) is 20.1. The molecule has 1 aliphatic rings. The van der Waals surface area contributed by atoms with Crippen molar-refractivity contribution in [2.45, 2.75) is 39.0 Å². The molecule has 4 nitrogen and oxygen atoms in total. The number of piperidine rings is 1. The Morgan fingerprint density at radius 1 is 1.11 bits per heavy atom. The third-order valence-electron chi connectivity index (χ3n) is 5.39. The molecule has 0 saturated carbocycles. The lowest BCUT2D eigenvalue weighted by Gasteiger charge is -2.31. The van der Waals surface area contributed by atoms with Crippen molar-refractivity contribution in [2.24, 2.45) is 5.92 Å². The molecule has 2 aromatic carbocycles. The number of unbranched alkanes of at least 4 members (excludes halogenated alkanes) is 1. The average Bonchev–Trinajstić information content (AvgIpc) is 2.73. The van der Waals surface area contributed by atoms with E-state index in [2.05, 4.69) is 6.92 Å². The molecular formula is C23H26FNO3. The van der Waals surface area contributed by atoms with Gasteiger partial charge in [0.25, 0.3) is 5.91 Å². The highest BCUT2D eigenvalue weighted by molar-refractivity contribution is 5.98. The lowest BCUT2D eigenvalue weighted by atomic mass is 9.88. The number of phenolic OH excluding ortho intramolecular Hbond substituents is 1. The largest absolute Gasteiger partial charge is 0.508 e. The van der Waals surface area contributed by atoms with Crippen LogP contribution in [0, 0.1) is 11.7 Å². The van der Waals surface area contributed by atoms with Crippen molar-refractivity contribution < 1.29 is 19.1 Å². The summed E-state index contributed by atoms with van der Waals surface area (Å²) in [6.07, 6.45) is 4.42. The lowest BCUT2D eigenvalue weighted by molar-refractivity contribution is 0.0646. The highest BCUT2D eigenvalue weighted by Crippen LogP contribution is 2.25. The molecule has 5 heteroatoms. The van der Waals surface area contributed by atoms with Gasteiger partial charge in [0.05, 0.1) is 5.56 Å². The van der Waals surface area contributed by atoms with Gasteiger partial charge in [0.1, 0.15) is 11.6 Å². The lowest BCUT2D eigenvalue weighted by Crippen LogP contribution is -2.40. The van der Waals surface area contributed by atoms with Gasteiger partial charge in [-0.1, -0.05) is 37.6 Å². The van der Waals surface area contributed by atoms with Gasteiger partial charge in [-0.05, 0) is 49.4 Å². The summed E-state index contributed by atoms with van der Waals surface area (Å²) in [5.41, 5.74) is 1.82. The van der Waals surface area contributed by atoms with Crippen molar-refractivity contribution in [1.29, 1.82) is 0 Å². The van der Waals surface area contributed by atoms with E-state index < -0.39 is 11.7 Å². The minimum absolute atomic E-state index is 0.109. The summed E-state index contributed by atoms with van der Waals surface area (Å²) in [5, 5.41) is 9.51. The molecule has 148 valence electrons. The SMILES string of the molecule is CCCCc1ccc(C(=O)C2CCN(C(=O)c3cc(O)ccc3F)CC2)cc1. The van der Waals surface area contributed by atoms with Crippen LogP contribution in [-0.4, -0.2) is 34.8 Å². The second kappa shape index (κ2) is 9.00. The van der Waals surface area contributed by atoms with Crippen molar-refractivity contribution in [3.63, 3.8) is 0 Å². The highest BCUT2D eigenvalue weighted by Gasteiger charge is 2.29. The maximum Gasteiger partial charge on any atom is 0.256 e. The second-order valence-corrected chi connectivity index (χ2v) is 7.40. The Kier molecular flexibility index (Phi) is 6.45. The summed E-state index contributed by atoms with van der Waals surface area (Å²) < 4.78 is 13.9. The quantitative estimate of drug-likeness (QED) is 0.741. The number of aryl methyl sites for hydroxylation is 1. The maximum absolute atomic E-state index is 13.9. The molecule has 1 heterocycles. The smallest absolute Gasteiger partial charge is 0.256 e. The van der Waals surface area contributed by atoms with E-state index >= 15 is 0 Å². The molecular weight excluding hydrogens is 357 g/mol. The van der Waals surface area contributed by atoms with Gasteiger partial charge < -0.3 is 10.0 Å². The molecule has 0 radical (unpaired) electrons. The van der Waals surface area contributed by atoms with Gasteiger partial charge in [0.15, 0.2) is 5.78 Å². The van der Waals surface area contributed by atoms with Crippen LogP contribution in [0.3, 0.4) is 0 Å². The van der Waals surface area contributed by atoms with Crippen LogP contribution in [0.2, 0.25) is 0 Å². The fraction of sp³-hybridized carbons (Fsp3) is 0.391. The van der Waals surface area contributed by atoms with E-state index in [1.54, 1.807) is 4.90 Å². The second-order valence-electron chi connectivity index (χ2n) is 7.40. The van der Waals surface area contributed by atoms with Crippen LogP contribution in [0.5, 0.6) is 5.75 Å². The molecule has 0 aliphatic carbocycles. The molecule has 1 N–H and O–H groups in total. The molecule has 0 unspecified atom stereocenters. The number of phenols is 1. The number of carbonyl (C=O) groups is 2. The number of ketones is 1. The van der Waals surface area contributed by atoms with Gasteiger partial charge >= 0.3 is 0 Å². The molecule has 2 aromatic rings. The average molecular weight is 383 g/mol. The number of halogens is 1. The van der Waals surface area contributed by atoms with Crippen LogP contribution in [0.25, 0.3) is 0 Å². The molecule has 28 heavy (non-hydrogen) atoms. The summed E-state index contributed by atoms with van der Waals surface area (Å²) in [7, 11) is 0. The zero-order valence-corrected chi connectivity index (χ0v) is 16.2. The van der Waals surface area contributed by atoms with Crippen LogP contribution < -0.4 is 0 Å². The maximum atomic E-state index is 13.9. The molecule has 0 atom stereocenters. The Balaban J connectivity index is 1.59. The first-order valence-electron chi connectivity index (χ1n) is 9.90. The summed E-state index contributed by atoms with van der Waals surface area (Å²) in [5.74, 6) is -1.25. The predicted molar refractivity (Wildman–Crippen MR) is 106 cm³/mol. The van der Waals surface area contributed by atoms with Crippen LogP contribution in [0.4, 0.5) is 4.39 Å². The van der Waals surface area contributed by atoms with E-state index in [0.717, 1.165) is 31.4 Å². The van der Waals surface area contributed by atoms with Gasteiger partial charge in [-0.25, -0.2) is 4.39 Å². The summed E-state index contributed by atoms with van der Waals surface area (Å²) in [6, 6.07) is 11.3. The normalized spacial score (nSPS) is 14.9. The van der Waals surface area contributed by atoms with Gasteiger partial charge in [-0.15, -0.1) is 0 Å². The molecule has 1 aliphatic heterocycles.